The molecule has 2 amide bonds. The summed E-state index contributed by atoms with van der Waals surface area (Å²) in [6, 6.07) is 7.44. The first-order chi connectivity index (χ1) is 13.5. The van der Waals surface area contributed by atoms with E-state index < -0.39 is 6.04 Å². The molecule has 148 valence electrons. The minimum absolute atomic E-state index is 0.00575. The largest absolute Gasteiger partial charge is 0.370 e. The molecular weight excluding hydrogens is 354 g/mol. The summed E-state index contributed by atoms with van der Waals surface area (Å²) in [5.41, 5.74) is 2.06. The lowest BCUT2D eigenvalue weighted by Gasteiger charge is -2.40. The first-order valence-corrected chi connectivity index (χ1v) is 9.78. The molecule has 2 saturated heterocycles. The second-order valence-corrected chi connectivity index (χ2v) is 7.88. The number of aromatic nitrogens is 1. The lowest BCUT2D eigenvalue weighted by molar-refractivity contribution is -0.137. The van der Waals surface area contributed by atoms with Gasteiger partial charge in [-0.1, -0.05) is 24.8 Å². The molecule has 0 bridgehead atoms. The normalized spacial score (nSPS) is 19.3. The van der Waals surface area contributed by atoms with Crippen LogP contribution in [0.15, 0.2) is 42.9 Å². The van der Waals surface area contributed by atoms with Crippen molar-refractivity contribution in [2.24, 2.45) is 0 Å². The summed E-state index contributed by atoms with van der Waals surface area (Å²) in [6.07, 6.45) is 4.13. The van der Waals surface area contributed by atoms with Gasteiger partial charge in [0.15, 0.2) is 0 Å². The third-order valence-electron chi connectivity index (χ3n) is 5.86. The number of hydrogen-bond donors (Lipinski definition) is 4. The van der Waals surface area contributed by atoms with Gasteiger partial charge in [-0.15, -0.1) is 0 Å². The van der Waals surface area contributed by atoms with E-state index in [4.69, 9.17) is 0 Å². The maximum Gasteiger partial charge on any atom is 0.245 e. The molecule has 3 heterocycles. The molecule has 4 rings (SSSR count). The Morgan fingerprint density at radius 3 is 2.71 bits per heavy atom. The van der Waals surface area contributed by atoms with Gasteiger partial charge in [-0.2, -0.15) is 0 Å². The van der Waals surface area contributed by atoms with Crippen LogP contribution < -0.4 is 16.0 Å². The van der Waals surface area contributed by atoms with Crippen molar-refractivity contribution in [2.45, 2.75) is 37.8 Å². The molecule has 1 atom stereocenters. The van der Waals surface area contributed by atoms with Crippen LogP contribution in [0, 0.1) is 0 Å². The van der Waals surface area contributed by atoms with E-state index >= 15 is 0 Å². The zero-order chi connectivity index (χ0) is 19.7. The standard InChI is InChI=1S/C21H27N5O2/c1-14-23-13-21(25-14)7-9-26(10-8-21)20(28)19(24-15(2)27)11-16-12-22-18-6-4-3-5-17(16)18/h3-6,12,19,22-23,25H,1,7-11,13H2,2H3,(H,24,27)/t19-/m1/s1. The molecule has 0 radical (unpaired) electrons. The highest BCUT2D eigenvalue weighted by Gasteiger charge is 2.40. The van der Waals surface area contributed by atoms with Gasteiger partial charge in [0.1, 0.15) is 6.04 Å². The van der Waals surface area contributed by atoms with Gasteiger partial charge in [0, 0.05) is 50.1 Å². The Morgan fingerprint density at radius 2 is 2.04 bits per heavy atom. The monoisotopic (exact) mass is 381 g/mol. The number of nitrogens with zero attached hydrogens (tertiary/aromatic N) is 1. The van der Waals surface area contributed by atoms with Crippen LogP contribution in [0.3, 0.4) is 0 Å². The minimum atomic E-state index is -0.560. The molecule has 2 fully saturated rings. The fourth-order valence-corrected chi connectivity index (χ4v) is 4.33. The fraction of sp³-hybridized carbons (Fsp3) is 0.429. The van der Waals surface area contributed by atoms with Crippen molar-refractivity contribution < 1.29 is 9.59 Å². The van der Waals surface area contributed by atoms with Crippen molar-refractivity contribution in [3.05, 3.63) is 48.4 Å². The number of benzene rings is 1. The van der Waals surface area contributed by atoms with Gasteiger partial charge in [-0.25, -0.2) is 0 Å². The smallest absolute Gasteiger partial charge is 0.245 e. The quantitative estimate of drug-likeness (QED) is 0.642. The number of H-pyrrole nitrogens is 1. The Bertz CT molecular complexity index is 910. The topological polar surface area (TPSA) is 89.3 Å². The molecule has 1 aromatic heterocycles. The van der Waals surface area contributed by atoms with Gasteiger partial charge in [-0.3, -0.25) is 9.59 Å². The average molecular weight is 381 g/mol. The van der Waals surface area contributed by atoms with Gasteiger partial charge in [0.05, 0.1) is 11.4 Å². The number of hydrogen-bond acceptors (Lipinski definition) is 4. The van der Waals surface area contributed by atoms with Crippen LogP contribution in [0.25, 0.3) is 10.9 Å². The average Bonchev–Trinajstić information content (AvgIpc) is 3.25. The summed E-state index contributed by atoms with van der Waals surface area (Å²) < 4.78 is 0. The second kappa shape index (κ2) is 7.22. The maximum absolute atomic E-state index is 13.2. The number of rotatable bonds is 4. The Kier molecular flexibility index (Phi) is 4.75. The van der Waals surface area contributed by atoms with Crippen LogP contribution in [0.2, 0.25) is 0 Å². The Hall–Kier alpha value is -2.96. The molecule has 7 heteroatoms. The highest BCUT2D eigenvalue weighted by Crippen LogP contribution is 2.27. The zero-order valence-corrected chi connectivity index (χ0v) is 16.2. The van der Waals surface area contributed by atoms with Crippen molar-refractivity contribution in [3.63, 3.8) is 0 Å². The number of nitrogens with one attached hydrogen (secondary N) is 4. The number of para-hydroxylation sites is 1. The van der Waals surface area contributed by atoms with E-state index in [9.17, 15) is 9.59 Å². The van der Waals surface area contributed by atoms with E-state index in [0.717, 1.165) is 41.7 Å². The minimum Gasteiger partial charge on any atom is -0.370 e. The molecule has 2 aliphatic heterocycles. The predicted molar refractivity (Wildman–Crippen MR) is 108 cm³/mol. The summed E-state index contributed by atoms with van der Waals surface area (Å²) in [4.78, 5) is 30.1. The number of piperidine rings is 1. The molecule has 2 aliphatic rings. The van der Waals surface area contributed by atoms with E-state index in [1.807, 2.05) is 35.4 Å². The van der Waals surface area contributed by atoms with Crippen LogP contribution in [0.5, 0.6) is 0 Å². The molecule has 0 saturated carbocycles. The third kappa shape index (κ3) is 3.56. The number of amides is 2. The van der Waals surface area contributed by atoms with Gasteiger partial charge >= 0.3 is 0 Å². The third-order valence-corrected chi connectivity index (χ3v) is 5.86. The number of aromatic amines is 1. The highest BCUT2D eigenvalue weighted by molar-refractivity contribution is 5.89. The van der Waals surface area contributed by atoms with Crippen molar-refractivity contribution in [2.75, 3.05) is 19.6 Å². The van der Waals surface area contributed by atoms with Crippen molar-refractivity contribution >= 4 is 22.7 Å². The Morgan fingerprint density at radius 1 is 1.29 bits per heavy atom. The van der Waals surface area contributed by atoms with Crippen molar-refractivity contribution in [1.82, 2.24) is 25.8 Å². The number of carbonyl (C=O) groups excluding carboxylic acids is 2. The maximum atomic E-state index is 13.2. The molecular formula is C21H27N5O2. The number of fused-ring (bicyclic) bond motifs is 1. The molecule has 0 aliphatic carbocycles. The number of likely N-dealkylation sites (tertiary alicyclic amines) is 1. The summed E-state index contributed by atoms with van der Waals surface area (Å²) in [5, 5.41) is 10.6. The van der Waals surface area contributed by atoms with Gasteiger partial charge in [0.2, 0.25) is 11.8 Å². The molecule has 0 unspecified atom stereocenters. The van der Waals surface area contributed by atoms with Crippen molar-refractivity contribution in [3.8, 4) is 0 Å². The molecule has 28 heavy (non-hydrogen) atoms. The SMILES string of the molecule is C=C1NCC2(CCN(C(=O)[C@@H](Cc3c[nH]c4ccccc34)NC(C)=O)CC2)N1. The van der Waals surface area contributed by atoms with E-state index in [1.54, 1.807) is 0 Å². The Labute approximate surface area is 164 Å². The van der Waals surface area contributed by atoms with E-state index in [-0.39, 0.29) is 17.4 Å². The van der Waals surface area contributed by atoms with Crippen LogP contribution in [-0.2, 0) is 16.0 Å². The van der Waals surface area contributed by atoms with Gasteiger partial charge in [0.25, 0.3) is 0 Å². The number of carbonyl (C=O) groups is 2. The summed E-state index contributed by atoms with van der Waals surface area (Å²) >= 11 is 0. The van der Waals surface area contributed by atoms with E-state index in [0.29, 0.717) is 19.5 Å². The van der Waals surface area contributed by atoms with E-state index in [2.05, 4.69) is 27.5 Å². The van der Waals surface area contributed by atoms with Crippen LogP contribution in [-0.4, -0.2) is 52.9 Å². The summed E-state index contributed by atoms with van der Waals surface area (Å²) in [5.74, 6) is 0.653. The lowest BCUT2D eigenvalue weighted by atomic mass is 9.88. The molecule has 1 aromatic carbocycles. The Balaban J connectivity index is 1.47. The zero-order valence-electron chi connectivity index (χ0n) is 16.2. The fourth-order valence-electron chi connectivity index (χ4n) is 4.33. The molecule has 7 nitrogen and oxygen atoms in total. The lowest BCUT2D eigenvalue weighted by Crippen LogP contribution is -2.57. The molecule has 2 aromatic rings. The van der Waals surface area contributed by atoms with Gasteiger partial charge in [-0.05, 0) is 24.5 Å². The van der Waals surface area contributed by atoms with Crippen LogP contribution in [0.4, 0.5) is 0 Å². The predicted octanol–water partition coefficient (Wildman–Crippen LogP) is 1.24. The first-order valence-electron chi connectivity index (χ1n) is 9.78. The molecule has 1 spiro atoms. The van der Waals surface area contributed by atoms with Crippen molar-refractivity contribution in [1.29, 1.82) is 0 Å². The highest BCUT2D eigenvalue weighted by atomic mass is 16.2. The van der Waals surface area contributed by atoms with Crippen LogP contribution in [0.1, 0.15) is 25.3 Å². The van der Waals surface area contributed by atoms with Gasteiger partial charge < -0.3 is 25.8 Å². The summed E-state index contributed by atoms with van der Waals surface area (Å²) in [6.45, 7) is 7.58. The van der Waals surface area contributed by atoms with Crippen LogP contribution >= 0.6 is 0 Å². The second-order valence-electron chi connectivity index (χ2n) is 7.88. The summed E-state index contributed by atoms with van der Waals surface area (Å²) in [7, 11) is 0. The molecule has 4 N–H and O–H groups in total. The van der Waals surface area contributed by atoms with E-state index in [1.165, 1.54) is 6.92 Å². The first kappa shape index (κ1) is 18.4.